The topological polar surface area (TPSA) is 3.24 Å². The van der Waals surface area contributed by atoms with Gasteiger partial charge in [-0.15, -0.1) is 0 Å². The number of piperidine rings is 1. The average molecular weight is 271 g/mol. The Bertz CT molecular complexity index is 414. The molecule has 1 heterocycles. The summed E-state index contributed by atoms with van der Waals surface area (Å²) in [5, 5.41) is 0. The van der Waals surface area contributed by atoms with E-state index in [2.05, 4.69) is 11.8 Å². The van der Waals surface area contributed by atoms with Crippen LogP contribution in [0.25, 0.3) is 0 Å². The molecular weight excluding hydrogens is 251 g/mol. The number of hydrogen-bond donors (Lipinski definition) is 0. The van der Waals surface area contributed by atoms with Gasteiger partial charge in [-0.2, -0.15) is 13.2 Å². The first-order valence-electron chi connectivity index (χ1n) is 6.87. The minimum Gasteiger partial charge on any atom is -0.299 e. The molecule has 1 aromatic rings. The predicted octanol–water partition coefficient (Wildman–Crippen LogP) is 4.33. The molecule has 1 fully saturated rings. The molecule has 1 saturated heterocycles. The highest BCUT2D eigenvalue weighted by atomic mass is 19.4. The second kappa shape index (κ2) is 5.95. The van der Waals surface area contributed by atoms with E-state index in [1.807, 2.05) is 0 Å². The third-order valence-corrected chi connectivity index (χ3v) is 3.84. The molecule has 4 heteroatoms. The quantitative estimate of drug-likeness (QED) is 0.791. The summed E-state index contributed by atoms with van der Waals surface area (Å²) >= 11 is 0. The van der Waals surface area contributed by atoms with Crippen LogP contribution in [0.2, 0.25) is 0 Å². The number of hydrogen-bond acceptors (Lipinski definition) is 1. The molecular formula is C15H20F3N. The maximum absolute atomic E-state index is 12.6. The lowest BCUT2D eigenvalue weighted by molar-refractivity contribution is -0.137. The monoisotopic (exact) mass is 271 g/mol. The lowest BCUT2D eigenvalue weighted by Crippen LogP contribution is -2.34. The highest BCUT2D eigenvalue weighted by Crippen LogP contribution is 2.30. The van der Waals surface area contributed by atoms with Gasteiger partial charge in [0.2, 0.25) is 0 Å². The summed E-state index contributed by atoms with van der Waals surface area (Å²) in [6.45, 7) is 4.80. The van der Waals surface area contributed by atoms with E-state index in [0.717, 1.165) is 37.6 Å². The Kier molecular flexibility index (Phi) is 4.50. The lowest BCUT2D eigenvalue weighted by atomic mass is 9.95. The third kappa shape index (κ3) is 3.96. The van der Waals surface area contributed by atoms with Crippen molar-refractivity contribution in [2.24, 2.45) is 5.92 Å². The van der Waals surface area contributed by atoms with Crippen LogP contribution in [0.1, 0.15) is 37.3 Å². The number of likely N-dealkylation sites (tertiary alicyclic amines) is 1. The van der Waals surface area contributed by atoms with Crippen molar-refractivity contribution in [3.8, 4) is 0 Å². The summed E-state index contributed by atoms with van der Waals surface area (Å²) in [5.41, 5.74) is 0.209. The number of nitrogens with zero attached hydrogens (tertiary/aromatic N) is 1. The van der Waals surface area contributed by atoms with Crippen molar-refractivity contribution in [3.63, 3.8) is 0 Å². The number of rotatable bonds is 3. The Labute approximate surface area is 112 Å². The Hall–Kier alpha value is -1.03. The van der Waals surface area contributed by atoms with Gasteiger partial charge in [0.25, 0.3) is 0 Å². The summed E-state index contributed by atoms with van der Waals surface area (Å²) < 4.78 is 37.9. The molecule has 106 valence electrons. The van der Waals surface area contributed by atoms with Crippen molar-refractivity contribution in [2.75, 3.05) is 13.1 Å². The largest absolute Gasteiger partial charge is 0.416 e. The van der Waals surface area contributed by atoms with Gasteiger partial charge in [0.1, 0.15) is 0 Å². The maximum atomic E-state index is 12.6. The molecule has 1 aliphatic heterocycles. The van der Waals surface area contributed by atoms with E-state index < -0.39 is 11.7 Å². The van der Waals surface area contributed by atoms with Crippen molar-refractivity contribution in [1.82, 2.24) is 4.90 Å². The summed E-state index contributed by atoms with van der Waals surface area (Å²) in [5.74, 6) is 0.694. The Morgan fingerprint density at radius 3 is 2.79 bits per heavy atom. The molecule has 0 bridgehead atoms. The molecule has 1 unspecified atom stereocenters. The second-order valence-electron chi connectivity index (χ2n) is 5.35. The van der Waals surface area contributed by atoms with Gasteiger partial charge >= 0.3 is 6.18 Å². The summed E-state index contributed by atoms with van der Waals surface area (Å²) in [6, 6.07) is 5.69. The third-order valence-electron chi connectivity index (χ3n) is 3.84. The van der Waals surface area contributed by atoms with Crippen LogP contribution < -0.4 is 0 Å². The highest BCUT2D eigenvalue weighted by Gasteiger charge is 2.30. The Morgan fingerprint density at radius 1 is 1.32 bits per heavy atom. The van der Waals surface area contributed by atoms with E-state index in [9.17, 15) is 13.2 Å². The van der Waals surface area contributed by atoms with Gasteiger partial charge in [-0.25, -0.2) is 0 Å². The maximum Gasteiger partial charge on any atom is 0.416 e. The first-order valence-corrected chi connectivity index (χ1v) is 6.87. The van der Waals surface area contributed by atoms with Crippen LogP contribution in [0.3, 0.4) is 0 Å². The molecule has 19 heavy (non-hydrogen) atoms. The van der Waals surface area contributed by atoms with Gasteiger partial charge in [0, 0.05) is 13.1 Å². The molecule has 1 aliphatic rings. The minimum absolute atomic E-state index is 0.547. The van der Waals surface area contributed by atoms with Crippen LogP contribution in [0.5, 0.6) is 0 Å². The molecule has 0 amide bonds. The fourth-order valence-corrected chi connectivity index (χ4v) is 2.73. The summed E-state index contributed by atoms with van der Waals surface area (Å²) in [7, 11) is 0. The van der Waals surface area contributed by atoms with E-state index in [0.29, 0.717) is 12.5 Å². The fraction of sp³-hybridized carbons (Fsp3) is 0.600. The number of alkyl halides is 3. The second-order valence-corrected chi connectivity index (χ2v) is 5.35. The number of halogens is 3. The van der Waals surface area contributed by atoms with Crippen LogP contribution in [0.4, 0.5) is 13.2 Å². The predicted molar refractivity (Wildman–Crippen MR) is 69.7 cm³/mol. The van der Waals surface area contributed by atoms with Crippen molar-refractivity contribution >= 4 is 0 Å². The molecule has 1 atom stereocenters. The van der Waals surface area contributed by atoms with Crippen LogP contribution in [-0.2, 0) is 12.7 Å². The molecule has 0 N–H and O–H groups in total. The SMILES string of the molecule is CCC1CCCN(Cc2cccc(C(F)(F)F)c2)C1. The molecule has 1 nitrogen and oxygen atoms in total. The van der Waals surface area contributed by atoms with E-state index in [1.54, 1.807) is 6.07 Å². The molecule has 0 aromatic heterocycles. The smallest absolute Gasteiger partial charge is 0.299 e. The normalized spacial score (nSPS) is 21.6. The average Bonchev–Trinajstić information content (AvgIpc) is 2.38. The Morgan fingerprint density at radius 2 is 2.11 bits per heavy atom. The van der Waals surface area contributed by atoms with Gasteiger partial charge in [0.05, 0.1) is 5.56 Å². The molecule has 0 saturated carbocycles. The van der Waals surface area contributed by atoms with Crippen LogP contribution in [0.15, 0.2) is 24.3 Å². The van der Waals surface area contributed by atoms with Gasteiger partial charge in [-0.1, -0.05) is 31.5 Å². The zero-order valence-electron chi connectivity index (χ0n) is 11.2. The van der Waals surface area contributed by atoms with E-state index >= 15 is 0 Å². The highest BCUT2D eigenvalue weighted by molar-refractivity contribution is 5.25. The van der Waals surface area contributed by atoms with E-state index in [-0.39, 0.29) is 0 Å². The van der Waals surface area contributed by atoms with Crippen LogP contribution >= 0.6 is 0 Å². The van der Waals surface area contributed by atoms with Crippen molar-refractivity contribution < 1.29 is 13.2 Å². The van der Waals surface area contributed by atoms with Crippen LogP contribution in [-0.4, -0.2) is 18.0 Å². The first-order chi connectivity index (χ1) is 8.99. The van der Waals surface area contributed by atoms with Crippen molar-refractivity contribution in [3.05, 3.63) is 35.4 Å². The fourth-order valence-electron chi connectivity index (χ4n) is 2.73. The summed E-state index contributed by atoms with van der Waals surface area (Å²) in [6.07, 6.45) is -0.698. The lowest BCUT2D eigenvalue weighted by Gasteiger charge is -2.32. The van der Waals surface area contributed by atoms with Crippen LogP contribution in [0, 0.1) is 5.92 Å². The zero-order chi connectivity index (χ0) is 13.9. The van der Waals surface area contributed by atoms with E-state index in [1.165, 1.54) is 18.6 Å². The molecule has 0 radical (unpaired) electrons. The zero-order valence-corrected chi connectivity index (χ0v) is 11.2. The molecule has 2 rings (SSSR count). The van der Waals surface area contributed by atoms with Crippen molar-refractivity contribution in [1.29, 1.82) is 0 Å². The molecule has 1 aromatic carbocycles. The van der Waals surface area contributed by atoms with Gasteiger partial charge in [-0.3, -0.25) is 4.90 Å². The Balaban J connectivity index is 2.03. The molecule has 0 aliphatic carbocycles. The standard InChI is InChI=1S/C15H20F3N/c1-2-12-6-4-8-19(10-12)11-13-5-3-7-14(9-13)15(16,17)18/h3,5,7,9,12H,2,4,6,8,10-11H2,1H3. The molecule has 0 spiro atoms. The van der Waals surface area contributed by atoms with Gasteiger partial charge in [-0.05, 0) is 36.9 Å². The summed E-state index contributed by atoms with van der Waals surface area (Å²) in [4.78, 5) is 2.27. The van der Waals surface area contributed by atoms with Gasteiger partial charge < -0.3 is 0 Å². The van der Waals surface area contributed by atoms with E-state index in [4.69, 9.17) is 0 Å². The van der Waals surface area contributed by atoms with Gasteiger partial charge in [0.15, 0.2) is 0 Å². The van der Waals surface area contributed by atoms with Crippen molar-refractivity contribution in [2.45, 2.75) is 38.9 Å². The first kappa shape index (κ1) is 14.4. The number of benzene rings is 1. The minimum atomic E-state index is -4.25.